The maximum absolute atomic E-state index is 16.6. The lowest BCUT2D eigenvalue weighted by molar-refractivity contribution is -0.131. The van der Waals surface area contributed by atoms with E-state index in [0.717, 1.165) is 77.9 Å². The zero-order valence-electron chi connectivity index (χ0n) is 47.1. The van der Waals surface area contributed by atoms with Gasteiger partial charge in [-0.1, -0.05) is 73.8 Å². The Morgan fingerprint density at radius 3 is 1.16 bits per heavy atom. The Morgan fingerprint density at radius 2 is 0.759 bits per heavy atom. The number of carbonyl (C=O) groups excluding carboxylic acids is 2. The molecule has 2 unspecified atom stereocenters. The van der Waals surface area contributed by atoms with Gasteiger partial charge in [-0.05, 0) is 235 Å². The molecular formula is C68H65O10P. The summed E-state index contributed by atoms with van der Waals surface area (Å²) < 4.78 is 60.9. The molecule has 402 valence electrons. The van der Waals surface area contributed by atoms with Crippen LogP contribution in [0.1, 0.15) is 87.5 Å². The Hall–Kier alpha value is -8.59. The Bertz CT molecular complexity index is 3750. The maximum Gasteiger partial charge on any atom is 0.338 e. The fourth-order valence-corrected chi connectivity index (χ4v) is 13.3. The van der Waals surface area contributed by atoms with Crippen molar-refractivity contribution in [2.24, 2.45) is 0 Å². The third-order valence-electron chi connectivity index (χ3n) is 14.4. The van der Waals surface area contributed by atoms with Crippen LogP contribution in [0.2, 0.25) is 0 Å². The average Bonchev–Trinajstić information content (AvgIpc) is 3.59. The number of hydrogen-bond acceptors (Lipinski definition) is 10. The molecule has 8 aromatic rings. The first-order chi connectivity index (χ1) is 37.4. The number of aryl methyl sites for hydroxylation is 10. The second-order valence-corrected chi connectivity index (χ2v) is 23.6. The number of fused-ring (bicyclic) bond motifs is 3. The van der Waals surface area contributed by atoms with E-state index < -0.39 is 24.5 Å². The third-order valence-corrected chi connectivity index (χ3v) is 17.5. The first-order valence-electron chi connectivity index (χ1n) is 26.1. The van der Waals surface area contributed by atoms with Crippen LogP contribution in [0.25, 0.3) is 11.1 Å². The van der Waals surface area contributed by atoms with E-state index in [9.17, 15) is 9.59 Å². The molecule has 0 N–H and O–H groups in total. The monoisotopic (exact) mass is 1070 g/mol. The average molecular weight is 1070 g/mol. The van der Waals surface area contributed by atoms with Gasteiger partial charge in [0.2, 0.25) is 0 Å². The predicted molar refractivity (Wildman–Crippen MR) is 313 cm³/mol. The van der Waals surface area contributed by atoms with Gasteiger partial charge in [-0.3, -0.25) is 4.57 Å². The molecular weight excluding hydrogens is 1010 g/mol. The fourth-order valence-electron chi connectivity index (χ4n) is 10.4. The van der Waals surface area contributed by atoms with Crippen LogP contribution in [0.3, 0.4) is 0 Å². The van der Waals surface area contributed by atoms with Gasteiger partial charge < -0.3 is 32.9 Å². The van der Waals surface area contributed by atoms with Crippen molar-refractivity contribution in [3.05, 3.63) is 225 Å². The zero-order valence-corrected chi connectivity index (χ0v) is 48.0. The minimum absolute atomic E-state index is 0.321. The van der Waals surface area contributed by atoms with Crippen LogP contribution in [0.15, 0.2) is 158 Å². The molecule has 11 heteroatoms. The predicted octanol–water partition coefficient (Wildman–Crippen LogP) is 17.8. The van der Waals surface area contributed by atoms with Gasteiger partial charge in [0.25, 0.3) is 7.37 Å². The van der Waals surface area contributed by atoms with Crippen molar-refractivity contribution >= 4 is 24.6 Å². The highest BCUT2D eigenvalue weighted by atomic mass is 31.2. The maximum atomic E-state index is 16.6. The molecule has 0 amide bonds. The molecule has 0 radical (unpaired) electrons. The molecule has 0 aromatic heterocycles. The van der Waals surface area contributed by atoms with Crippen LogP contribution in [-0.4, -0.2) is 11.9 Å². The minimum Gasteiger partial charge on any atom is -0.457 e. The first-order valence-corrected chi connectivity index (χ1v) is 27.7. The van der Waals surface area contributed by atoms with E-state index in [0.29, 0.717) is 79.7 Å². The highest BCUT2D eigenvalue weighted by Gasteiger charge is 2.54. The van der Waals surface area contributed by atoms with E-state index in [1.54, 1.807) is 13.8 Å². The van der Waals surface area contributed by atoms with E-state index in [1.165, 1.54) is 0 Å². The van der Waals surface area contributed by atoms with Gasteiger partial charge in [0.15, 0.2) is 0 Å². The minimum atomic E-state index is -3.90. The van der Waals surface area contributed by atoms with Gasteiger partial charge in [-0.2, -0.15) is 0 Å². The van der Waals surface area contributed by atoms with Crippen LogP contribution in [-0.2, 0) is 19.3 Å². The lowest BCUT2D eigenvalue weighted by Gasteiger charge is -2.42. The van der Waals surface area contributed by atoms with Crippen LogP contribution >= 0.6 is 7.37 Å². The summed E-state index contributed by atoms with van der Waals surface area (Å²) >= 11 is 0. The molecule has 8 aromatic carbocycles. The number of benzene rings is 8. The largest absolute Gasteiger partial charge is 0.457 e. The molecule has 0 fully saturated rings. The van der Waals surface area contributed by atoms with Crippen molar-refractivity contribution in [2.45, 2.75) is 95.2 Å². The first kappa shape index (κ1) is 55.2. The van der Waals surface area contributed by atoms with E-state index in [-0.39, 0.29) is 0 Å². The molecule has 0 bridgehead atoms. The Balaban J connectivity index is 1.02. The molecule has 1 heterocycles. The van der Waals surface area contributed by atoms with Crippen LogP contribution in [0, 0.1) is 69.2 Å². The lowest BCUT2D eigenvalue weighted by Crippen LogP contribution is -2.34. The summed E-state index contributed by atoms with van der Waals surface area (Å²) in [6, 6.07) is 42.6. The van der Waals surface area contributed by atoms with Crippen molar-refractivity contribution < 1.29 is 47.1 Å². The number of para-hydroxylation sites is 1. The molecule has 0 saturated carbocycles. The molecule has 9 rings (SSSR count). The van der Waals surface area contributed by atoms with Crippen molar-refractivity contribution in [3.63, 3.8) is 0 Å². The van der Waals surface area contributed by atoms with Crippen molar-refractivity contribution in [1.29, 1.82) is 0 Å². The van der Waals surface area contributed by atoms with Gasteiger partial charge in [-0.25, -0.2) is 9.59 Å². The second kappa shape index (κ2) is 21.7. The molecule has 2 atom stereocenters. The van der Waals surface area contributed by atoms with Gasteiger partial charge in [-0.15, -0.1) is 0 Å². The van der Waals surface area contributed by atoms with Gasteiger partial charge in [0.05, 0.1) is 5.30 Å². The van der Waals surface area contributed by atoms with Gasteiger partial charge in [0, 0.05) is 16.7 Å². The molecule has 1 aliphatic rings. The van der Waals surface area contributed by atoms with E-state index in [1.807, 2.05) is 197 Å². The van der Waals surface area contributed by atoms with Gasteiger partial charge in [0.1, 0.15) is 68.4 Å². The highest BCUT2D eigenvalue weighted by Crippen LogP contribution is 2.69. The summed E-state index contributed by atoms with van der Waals surface area (Å²) in [6.45, 7) is 32.0. The number of carbonyl (C=O) groups is 2. The fraction of sp³-hybridized carbons (Fsp3) is 0.206. The topological polar surface area (TPSA) is 116 Å². The Labute approximate surface area is 463 Å². The third kappa shape index (κ3) is 10.7. The number of hydrogen-bond donors (Lipinski definition) is 0. The summed E-state index contributed by atoms with van der Waals surface area (Å²) in [5, 5.41) is -0.599. The summed E-state index contributed by atoms with van der Waals surface area (Å²) in [5.74, 6) is 5.70. The quantitative estimate of drug-likeness (QED) is 0.0425. The molecule has 79 heavy (non-hydrogen) atoms. The van der Waals surface area contributed by atoms with Crippen molar-refractivity contribution in [3.8, 4) is 74.4 Å². The van der Waals surface area contributed by atoms with E-state index >= 15 is 4.57 Å². The number of ether oxygens (including phenoxy) is 6. The standard InChI is InChI=1S/C68H65O10P/c1-38(2)66(69)76-64-46(11)34-55(35-47(64)12)74-62-42(7)30-53(31-43(62)8)72-52-26-24-50(25-27-52)68(15,79(71)60-23-19-17-21-58(60)57-20-16-18-22-59(57)78-79)51-28-40(5)61(41(6)29-51)73-54-32-44(9)63(45(10)33-54)75-56-36-48(13)65(49(14)37-56)77-67(70)39(3)4/h16-37H,1,3H2,2,4-15H3. The SMILES string of the molecule is C=C(C)C(=O)Oc1c(C)cc(Oc2c(C)cc(Oc3ccc(C(C)(c4cc(C)c(Oc5cc(C)c(Oc6cc(C)c(OC(=O)C(=C)C)c(C)c6)c(C)c5)c(C)c4)P4(=O)Oc5ccccc5-c5ccccc54)cc3)cc2C)cc1C. The van der Waals surface area contributed by atoms with Crippen LogP contribution in [0.5, 0.6) is 63.2 Å². The van der Waals surface area contributed by atoms with E-state index in [2.05, 4.69) is 25.3 Å². The van der Waals surface area contributed by atoms with Gasteiger partial charge >= 0.3 is 11.9 Å². The normalized spacial score (nSPS) is 14.1. The summed E-state index contributed by atoms with van der Waals surface area (Å²) in [7, 11) is -3.90. The van der Waals surface area contributed by atoms with Crippen LogP contribution < -0.4 is 38.2 Å². The lowest BCUT2D eigenvalue weighted by atomic mass is 9.89. The van der Waals surface area contributed by atoms with Crippen molar-refractivity contribution in [2.75, 3.05) is 0 Å². The van der Waals surface area contributed by atoms with E-state index in [4.69, 9.17) is 32.9 Å². The second-order valence-electron chi connectivity index (χ2n) is 21.0. The molecule has 0 aliphatic carbocycles. The molecule has 0 spiro atoms. The number of esters is 2. The summed E-state index contributed by atoms with van der Waals surface area (Å²) in [6.07, 6.45) is 0. The highest BCUT2D eigenvalue weighted by molar-refractivity contribution is 7.69. The summed E-state index contributed by atoms with van der Waals surface area (Å²) in [4.78, 5) is 24.6. The van der Waals surface area contributed by atoms with Crippen LogP contribution in [0.4, 0.5) is 0 Å². The molecule has 10 nitrogen and oxygen atoms in total. The smallest absolute Gasteiger partial charge is 0.338 e. The Kier molecular flexibility index (Phi) is 15.1. The van der Waals surface area contributed by atoms with Crippen molar-refractivity contribution in [1.82, 2.24) is 0 Å². The zero-order chi connectivity index (χ0) is 56.8. The summed E-state index contributed by atoms with van der Waals surface area (Å²) in [5.41, 5.74) is 12.1. The molecule has 1 aliphatic heterocycles. The number of rotatable bonds is 15. The molecule has 0 saturated heterocycles. The Morgan fingerprint density at radius 1 is 0.418 bits per heavy atom.